The first kappa shape index (κ1) is 11.1. The van der Waals surface area contributed by atoms with E-state index in [0.29, 0.717) is 13.2 Å². The number of aromatic nitrogens is 2. The maximum atomic E-state index is 11.7. The Hall–Kier alpha value is -1.36. The van der Waals surface area contributed by atoms with Crippen molar-refractivity contribution in [1.82, 2.24) is 14.9 Å². The van der Waals surface area contributed by atoms with Crippen LogP contribution in [0, 0.1) is 5.92 Å². The van der Waals surface area contributed by atoms with Gasteiger partial charge in [0, 0.05) is 32.3 Å². The van der Waals surface area contributed by atoms with Gasteiger partial charge in [0.05, 0.1) is 24.5 Å². The molecule has 0 bridgehead atoms. The fourth-order valence-electron chi connectivity index (χ4n) is 2.11. The highest BCUT2D eigenvalue weighted by molar-refractivity contribution is 5.74. The molecule has 5 nitrogen and oxygen atoms in total. The summed E-state index contributed by atoms with van der Waals surface area (Å²) < 4.78 is 6.97. The van der Waals surface area contributed by atoms with Crippen LogP contribution in [0.25, 0.3) is 0 Å². The van der Waals surface area contributed by atoms with E-state index in [-0.39, 0.29) is 17.8 Å². The molecule has 2 heterocycles. The van der Waals surface area contributed by atoms with Gasteiger partial charge in [-0.25, -0.2) is 4.98 Å². The Morgan fingerprint density at radius 3 is 3.12 bits per heavy atom. The standard InChI is InChI=1S/C11H17N3O2/c1-3-16-11(15)9-5-12-4-8(9)10-6-14(2)7-13-10/h6-9,12H,3-5H2,1-2H3. The van der Waals surface area contributed by atoms with Crippen LogP contribution in [0.5, 0.6) is 0 Å². The zero-order chi connectivity index (χ0) is 11.5. The van der Waals surface area contributed by atoms with Crippen molar-refractivity contribution in [2.45, 2.75) is 12.8 Å². The molecule has 1 saturated heterocycles. The normalized spacial score (nSPS) is 24.6. The molecule has 88 valence electrons. The van der Waals surface area contributed by atoms with Crippen molar-refractivity contribution >= 4 is 5.97 Å². The number of nitrogens with one attached hydrogen (secondary N) is 1. The van der Waals surface area contributed by atoms with E-state index in [4.69, 9.17) is 4.74 Å². The zero-order valence-corrected chi connectivity index (χ0v) is 9.64. The fourth-order valence-corrected chi connectivity index (χ4v) is 2.11. The van der Waals surface area contributed by atoms with Crippen LogP contribution in [0.15, 0.2) is 12.5 Å². The molecule has 1 aromatic rings. The lowest BCUT2D eigenvalue weighted by Gasteiger charge is -2.14. The lowest BCUT2D eigenvalue weighted by atomic mass is 9.93. The van der Waals surface area contributed by atoms with E-state index in [0.717, 1.165) is 12.2 Å². The van der Waals surface area contributed by atoms with E-state index in [1.807, 2.05) is 24.7 Å². The van der Waals surface area contributed by atoms with E-state index in [9.17, 15) is 4.79 Å². The minimum absolute atomic E-state index is 0.102. The minimum atomic E-state index is -0.122. The monoisotopic (exact) mass is 223 g/mol. The molecular formula is C11H17N3O2. The van der Waals surface area contributed by atoms with Gasteiger partial charge in [0.15, 0.2) is 0 Å². The Kier molecular flexibility index (Phi) is 3.24. The van der Waals surface area contributed by atoms with Gasteiger partial charge in [-0.2, -0.15) is 0 Å². The highest BCUT2D eigenvalue weighted by atomic mass is 16.5. The van der Waals surface area contributed by atoms with Gasteiger partial charge < -0.3 is 14.6 Å². The molecular weight excluding hydrogens is 206 g/mol. The molecule has 1 aliphatic rings. The van der Waals surface area contributed by atoms with E-state index in [1.165, 1.54) is 0 Å². The molecule has 1 N–H and O–H groups in total. The molecule has 2 atom stereocenters. The van der Waals surface area contributed by atoms with E-state index in [2.05, 4.69) is 10.3 Å². The van der Waals surface area contributed by atoms with Crippen molar-refractivity contribution in [1.29, 1.82) is 0 Å². The highest BCUT2D eigenvalue weighted by Crippen LogP contribution is 2.27. The Balaban J connectivity index is 2.11. The first-order valence-corrected chi connectivity index (χ1v) is 5.57. The number of nitrogens with zero attached hydrogens (tertiary/aromatic N) is 2. The van der Waals surface area contributed by atoms with Crippen LogP contribution in [0.3, 0.4) is 0 Å². The Labute approximate surface area is 94.8 Å². The predicted octanol–water partition coefficient (Wildman–Crippen LogP) is 0.286. The van der Waals surface area contributed by atoms with E-state index >= 15 is 0 Å². The minimum Gasteiger partial charge on any atom is -0.466 e. The van der Waals surface area contributed by atoms with Crippen molar-refractivity contribution in [2.75, 3.05) is 19.7 Å². The van der Waals surface area contributed by atoms with Crippen LogP contribution in [0.4, 0.5) is 0 Å². The lowest BCUT2D eigenvalue weighted by Crippen LogP contribution is -2.24. The first-order valence-electron chi connectivity index (χ1n) is 5.57. The molecule has 1 fully saturated rings. The van der Waals surface area contributed by atoms with E-state index < -0.39 is 0 Å². The van der Waals surface area contributed by atoms with Crippen molar-refractivity contribution in [3.63, 3.8) is 0 Å². The summed E-state index contributed by atoms with van der Waals surface area (Å²) in [7, 11) is 1.93. The first-order chi connectivity index (χ1) is 7.72. The quantitative estimate of drug-likeness (QED) is 0.748. The molecule has 2 rings (SSSR count). The highest BCUT2D eigenvalue weighted by Gasteiger charge is 2.36. The van der Waals surface area contributed by atoms with Gasteiger partial charge >= 0.3 is 5.97 Å². The number of ether oxygens (including phenoxy) is 1. The van der Waals surface area contributed by atoms with Gasteiger partial charge in [-0.3, -0.25) is 4.79 Å². The predicted molar refractivity (Wildman–Crippen MR) is 58.9 cm³/mol. The number of carbonyl (C=O) groups excluding carboxylic acids is 1. The third-order valence-corrected chi connectivity index (χ3v) is 2.91. The third kappa shape index (κ3) is 2.09. The summed E-state index contributed by atoms with van der Waals surface area (Å²) in [5.41, 5.74) is 0.963. The van der Waals surface area contributed by atoms with Crippen molar-refractivity contribution in [3.8, 4) is 0 Å². The van der Waals surface area contributed by atoms with Crippen LogP contribution in [0.1, 0.15) is 18.5 Å². The van der Waals surface area contributed by atoms with Crippen LogP contribution >= 0.6 is 0 Å². The summed E-state index contributed by atoms with van der Waals surface area (Å²) in [6.07, 6.45) is 3.72. The Morgan fingerprint density at radius 2 is 2.50 bits per heavy atom. The largest absolute Gasteiger partial charge is 0.466 e. The fraction of sp³-hybridized carbons (Fsp3) is 0.636. The van der Waals surface area contributed by atoms with Crippen molar-refractivity contribution < 1.29 is 9.53 Å². The topological polar surface area (TPSA) is 56.1 Å². The van der Waals surface area contributed by atoms with Gasteiger partial charge in [-0.1, -0.05) is 0 Å². The molecule has 1 aliphatic heterocycles. The summed E-state index contributed by atoms with van der Waals surface area (Å²) in [5.74, 6) is -0.0850. The number of esters is 1. The number of hydrogen-bond acceptors (Lipinski definition) is 4. The van der Waals surface area contributed by atoms with Crippen LogP contribution in [-0.2, 0) is 16.6 Å². The average Bonchev–Trinajstić information content (AvgIpc) is 2.85. The van der Waals surface area contributed by atoms with Crippen LogP contribution < -0.4 is 5.32 Å². The molecule has 0 spiro atoms. The summed E-state index contributed by atoms with van der Waals surface area (Å²) >= 11 is 0. The molecule has 0 aromatic carbocycles. The van der Waals surface area contributed by atoms with E-state index in [1.54, 1.807) is 6.33 Å². The second-order valence-corrected chi connectivity index (χ2v) is 4.09. The number of carbonyl (C=O) groups is 1. The molecule has 1 aromatic heterocycles. The van der Waals surface area contributed by atoms with Gasteiger partial charge in [-0.15, -0.1) is 0 Å². The average molecular weight is 223 g/mol. The lowest BCUT2D eigenvalue weighted by molar-refractivity contribution is -0.147. The van der Waals surface area contributed by atoms with Crippen molar-refractivity contribution in [3.05, 3.63) is 18.2 Å². The molecule has 0 aliphatic carbocycles. The third-order valence-electron chi connectivity index (χ3n) is 2.91. The second kappa shape index (κ2) is 4.65. The van der Waals surface area contributed by atoms with Gasteiger partial charge in [-0.05, 0) is 6.92 Å². The number of hydrogen-bond donors (Lipinski definition) is 1. The van der Waals surface area contributed by atoms with Crippen LogP contribution in [-0.4, -0.2) is 35.2 Å². The Morgan fingerprint density at radius 1 is 1.69 bits per heavy atom. The molecule has 0 saturated carbocycles. The number of imidazole rings is 1. The molecule has 0 radical (unpaired) electrons. The maximum absolute atomic E-state index is 11.7. The van der Waals surface area contributed by atoms with Gasteiger partial charge in [0.2, 0.25) is 0 Å². The molecule has 16 heavy (non-hydrogen) atoms. The zero-order valence-electron chi connectivity index (χ0n) is 9.64. The summed E-state index contributed by atoms with van der Waals surface area (Å²) in [5, 5.41) is 3.22. The molecule has 0 amide bonds. The Bertz CT molecular complexity index is 375. The summed E-state index contributed by atoms with van der Waals surface area (Å²) in [6.45, 7) is 3.74. The van der Waals surface area contributed by atoms with Crippen LogP contribution in [0.2, 0.25) is 0 Å². The smallest absolute Gasteiger partial charge is 0.310 e. The number of rotatable bonds is 3. The summed E-state index contributed by atoms with van der Waals surface area (Å²) in [4.78, 5) is 16.0. The molecule has 2 unspecified atom stereocenters. The SMILES string of the molecule is CCOC(=O)C1CNCC1c1cn(C)cn1. The summed E-state index contributed by atoms with van der Waals surface area (Å²) in [6, 6.07) is 0. The second-order valence-electron chi connectivity index (χ2n) is 4.09. The van der Waals surface area contributed by atoms with Crippen molar-refractivity contribution in [2.24, 2.45) is 13.0 Å². The maximum Gasteiger partial charge on any atom is 0.310 e. The van der Waals surface area contributed by atoms with Gasteiger partial charge in [0.1, 0.15) is 0 Å². The molecule has 5 heteroatoms. The van der Waals surface area contributed by atoms with Gasteiger partial charge in [0.25, 0.3) is 0 Å². The number of aryl methyl sites for hydroxylation is 1.